The molecule has 1 amide bonds. The van der Waals surface area contributed by atoms with E-state index in [4.69, 9.17) is 0 Å². The zero-order valence-electron chi connectivity index (χ0n) is 18.2. The van der Waals surface area contributed by atoms with Crippen LogP contribution in [-0.2, 0) is 11.8 Å². The minimum absolute atomic E-state index is 0.0285. The van der Waals surface area contributed by atoms with Crippen LogP contribution in [0.3, 0.4) is 0 Å². The maximum atomic E-state index is 13.3. The summed E-state index contributed by atoms with van der Waals surface area (Å²) in [5.41, 5.74) is 3.87. The van der Waals surface area contributed by atoms with Gasteiger partial charge in [0, 0.05) is 55.8 Å². The highest BCUT2D eigenvalue weighted by molar-refractivity contribution is 5.98. The smallest absolute Gasteiger partial charge is 0.259 e. The van der Waals surface area contributed by atoms with Gasteiger partial charge in [0.15, 0.2) is 0 Å². The second-order valence-electron chi connectivity index (χ2n) is 8.95. The number of rotatable bonds is 3. The molecule has 8 heteroatoms. The number of nitrogens with one attached hydrogen (secondary N) is 1. The molecule has 0 atom stereocenters. The molecular weight excluding hydrogens is 404 g/mol. The number of amides is 1. The zero-order valence-corrected chi connectivity index (χ0v) is 18.2. The Morgan fingerprint density at radius 3 is 2.81 bits per heavy atom. The number of anilines is 1. The summed E-state index contributed by atoms with van der Waals surface area (Å²) in [6.45, 7) is 8.43. The Morgan fingerprint density at radius 1 is 1.31 bits per heavy atom. The molecule has 2 fully saturated rings. The zero-order chi connectivity index (χ0) is 22.6. The quantitative estimate of drug-likeness (QED) is 0.646. The van der Waals surface area contributed by atoms with E-state index in [-0.39, 0.29) is 16.9 Å². The molecule has 2 aliphatic heterocycles. The fourth-order valence-electron chi connectivity index (χ4n) is 5.21. The summed E-state index contributed by atoms with van der Waals surface area (Å²) in [4.78, 5) is 29.2. The van der Waals surface area contributed by atoms with E-state index in [9.17, 15) is 14.9 Å². The Labute approximate surface area is 185 Å². The van der Waals surface area contributed by atoms with Crippen LogP contribution in [0.15, 0.2) is 42.0 Å². The summed E-state index contributed by atoms with van der Waals surface area (Å²) in [6.07, 6.45) is 5.76. The molecule has 0 aliphatic carbocycles. The third-order valence-electron chi connectivity index (χ3n) is 6.87. The molecule has 3 aromatic rings. The molecule has 2 saturated heterocycles. The Morgan fingerprint density at radius 2 is 2.09 bits per heavy atom. The van der Waals surface area contributed by atoms with Gasteiger partial charge in [-0.2, -0.15) is 10.4 Å². The Balaban J connectivity index is 1.60. The summed E-state index contributed by atoms with van der Waals surface area (Å²) in [5, 5.41) is 18.1. The molecule has 5 rings (SSSR count). The lowest BCUT2D eigenvalue weighted by Gasteiger charge is -2.47. The van der Waals surface area contributed by atoms with E-state index in [1.165, 1.54) is 6.08 Å². The van der Waals surface area contributed by atoms with E-state index < -0.39 is 0 Å². The largest absolute Gasteiger partial charge is 0.369 e. The van der Waals surface area contributed by atoms with Gasteiger partial charge in [0.05, 0.1) is 28.5 Å². The van der Waals surface area contributed by atoms with E-state index in [1.807, 2.05) is 19.1 Å². The van der Waals surface area contributed by atoms with Crippen molar-refractivity contribution in [2.24, 2.45) is 12.5 Å². The van der Waals surface area contributed by atoms with Crippen molar-refractivity contribution in [1.29, 1.82) is 5.26 Å². The molecule has 2 aromatic heterocycles. The second kappa shape index (κ2) is 7.09. The molecule has 1 aromatic carbocycles. The van der Waals surface area contributed by atoms with Crippen LogP contribution in [0.25, 0.3) is 22.0 Å². The Hall–Kier alpha value is -3.86. The van der Waals surface area contributed by atoms with E-state index in [0.29, 0.717) is 24.2 Å². The van der Waals surface area contributed by atoms with Gasteiger partial charge in [0.2, 0.25) is 5.91 Å². The van der Waals surface area contributed by atoms with Crippen molar-refractivity contribution in [1.82, 2.24) is 19.7 Å². The fourth-order valence-corrected chi connectivity index (χ4v) is 5.21. The number of fused-ring (bicyclic) bond motifs is 1. The van der Waals surface area contributed by atoms with Crippen LogP contribution in [0.5, 0.6) is 0 Å². The number of likely N-dealkylation sites (tertiary alicyclic amines) is 1. The van der Waals surface area contributed by atoms with E-state index in [2.05, 4.69) is 27.7 Å². The van der Waals surface area contributed by atoms with Crippen molar-refractivity contribution in [2.75, 3.05) is 31.1 Å². The van der Waals surface area contributed by atoms with Crippen molar-refractivity contribution in [3.8, 4) is 17.2 Å². The number of benzene rings is 1. The number of H-pyrrole nitrogens is 1. The van der Waals surface area contributed by atoms with E-state index >= 15 is 0 Å². The predicted molar refractivity (Wildman–Crippen MR) is 122 cm³/mol. The lowest BCUT2D eigenvalue weighted by Crippen LogP contribution is -2.59. The first kappa shape index (κ1) is 20.1. The molecule has 8 nitrogen and oxygen atoms in total. The molecule has 32 heavy (non-hydrogen) atoms. The minimum Gasteiger partial charge on any atom is -0.369 e. The van der Waals surface area contributed by atoms with Gasteiger partial charge in [-0.05, 0) is 31.1 Å². The second-order valence-corrected chi connectivity index (χ2v) is 8.95. The SMILES string of the molecule is C=CC(=O)N1CC2(CCN(c3cn(C)c(=O)c(-c4c(C)ccc5[nH]ncc45)c3C#N)C2)C1. The van der Waals surface area contributed by atoms with Crippen molar-refractivity contribution < 1.29 is 4.79 Å². The van der Waals surface area contributed by atoms with Gasteiger partial charge >= 0.3 is 0 Å². The standard InChI is InChI=1S/C24H24N6O2/c1-4-20(31)30-13-24(14-30)7-8-29(12-24)19-11-28(3)23(32)22(16(19)9-25)21-15(2)5-6-18-17(21)10-26-27-18/h4-6,10-11H,1,7-8,12-14H2,2-3H3,(H,26,27). The maximum Gasteiger partial charge on any atom is 0.259 e. The van der Waals surface area contributed by atoms with Crippen LogP contribution in [0.1, 0.15) is 17.5 Å². The average molecular weight is 428 g/mol. The normalized spacial score (nSPS) is 16.9. The fraction of sp³-hybridized carbons (Fsp3) is 0.333. The first-order valence-corrected chi connectivity index (χ1v) is 10.6. The topological polar surface area (TPSA) is 98.0 Å². The highest BCUT2D eigenvalue weighted by atomic mass is 16.2. The predicted octanol–water partition coefficient (Wildman–Crippen LogP) is 2.33. The third-order valence-corrected chi connectivity index (χ3v) is 6.87. The molecule has 0 bridgehead atoms. The molecule has 162 valence electrons. The number of carbonyl (C=O) groups excluding carboxylic acids is 1. The monoisotopic (exact) mass is 428 g/mol. The Kier molecular flexibility index (Phi) is 4.45. The van der Waals surface area contributed by atoms with Crippen LogP contribution in [0, 0.1) is 23.7 Å². The van der Waals surface area contributed by atoms with Gasteiger partial charge in [-0.25, -0.2) is 0 Å². The lowest BCUT2D eigenvalue weighted by molar-refractivity contribution is -0.136. The van der Waals surface area contributed by atoms with Crippen molar-refractivity contribution in [3.63, 3.8) is 0 Å². The van der Waals surface area contributed by atoms with Crippen LogP contribution in [0.2, 0.25) is 0 Å². The molecule has 0 radical (unpaired) electrons. The van der Waals surface area contributed by atoms with Gasteiger partial charge in [0.25, 0.3) is 5.56 Å². The van der Waals surface area contributed by atoms with Crippen LogP contribution in [-0.4, -0.2) is 51.8 Å². The van der Waals surface area contributed by atoms with Crippen molar-refractivity contribution in [3.05, 3.63) is 58.7 Å². The molecule has 0 unspecified atom stereocenters. The number of aromatic nitrogens is 3. The number of hydrogen-bond acceptors (Lipinski definition) is 5. The number of nitrogens with zero attached hydrogens (tertiary/aromatic N) is 5. The average Bonchev–Trinajstić information content (AvgIpc) is 3.41. The number of hydrogen-bond donors (Lipinski definition) is 1. The highest BCUT2D eigenvalue weighted by Gasteiger charge is 2.49. The van der Waals surface area contributed by atoms with Gasteiger partial charge in [0.1, 0.15) is 6.07 Å². The highest BCUT2D eigenvalue weighted by Crippen LogP contribution is 2.43. The van der Waals surface area contributed by atoms with Gasteiger partial charge in [-0.1, -0.05) is 12.6 Å². The van der Waals surface area contributed by atoms with Gasteiger partial charge in [-0.15, -0.1) is 0 Å². The Bertz CT molecular complexity index is 1370. The minimum atomic E-state index is -0.206. The van der Waals surface area contributed by atoms with Crippen LogP contribution >= 0.6 is 0 Å². The first-order chi connectivity index (χ1) is 15.4. The summed E-state index contributed by atoms with van der Waals surface area (Å²) >= 11 is 0. The van der Waals surface area contributed by atoms with Crippen LogP contribution < -0.4 is 10.5 Å². The maximum absolute atomic E-state index is 13.3. The summed E-state index contributed by atoms with van der Waals surface area (Å²) in [7, 11) is 1.72. The molecular formula is C24H24N6O2. The molecule has 0 saturated carbocycles. The van der Waals surface area contributed by atoms with E-state index in [1.54, 1.807) is 28.9 Å². The number of carbonyl (C=O) groups is 1. The van der Waals surface area contributed by atoms with Crippen molar-refractivity contribution >= 4 is 22.5 Å². The van der Waals surface area contributed by atoms with E-state index in [0.717, 1.165) is 47.2 Å². The summed E-state index contributed by atoms with van der Waals surface area (Å²) in [5.74, 6) is -0.0418. The first-order valence-electron chi connectivity index (χ1n) is 10.6. The number of nitriles is 1. The number of pyridine rings is 1. The molecule has 1 N–H and O–H groups in total. The lowest BCUT2D eigenvalue weighted by atomic mass is 9.79. The number of aryl methyl sites for hydroxylation is 2. The summed E-state index contributed by atoms with van der Waals surface area (Å²) in [6, 6.07) is 6.20. The van der Waals surface area contributed by atoms with Crippen LogP contribution in [0.4, 0.5) is 5.69 Å². The number of aromatic amines is 1. The molecule has 1 spiro atoms. The van der Waals surface area contributed by atoms with Gasteiger partial charge in [-0.3, -0.25) is 14.7 Å². The van der Waals surface area contributed by atoms with Crippen molar-refractivity contribution in [2.45, 2.75) is 13.3 Å². The third kappa shape index (κ3) is 2.85. The molecule has 4 heterocycles. The summed E-state index contributed by atoms with van der Waals surface area (Å²) < 4.78 is 1.56. The van der Waals surface area contributed by atoms with Gasteiger partial charge < -0.3 is 14.4 Å². The molecule has 2 aliphatic rings.